The van der Waals surface area contributed by atoms with E-state index in [-0.39, 0.29) is 0 Å². The van der Waals surface area contributed by atoms with Crippen molar-refractivity contribution in [3.05, 3.63) is 18.0 Å². The molecule has 0 aromatic carbocycles. The fourth-order valence-corrected chi connectivity index (χ4v) is 1.98. The molecule has 4 nitrogen and oxygen atoms in total. The third-order valence-electron chi connectivity index (χ3n) is 2.79. The van der Waals surface area contributed by atoms with Crippen LogP contribution < -0.4 is 10.6 Å². The van der Waals surface area contributed by atoms with E-state index in [1.807, 2.05) is 17.9 Å². The summed E-state index contributed by atoms with van der Waals surface area (Å²) >= 11 is 0. The summed E-state index contributed by atoms with van der Waals surface area (Å²) in [6.07, 6.45) is 4.02. The smallest absolute Gasteiger partial charge is 0.0538 e. The summed E-state index contributed by atoms with van der Waals surface area (Å²) in [5.41, 5.74) is 1.26. The van der Waals surface area contributed by atoms with Crippen LogP contribution in [0.4, 0.5) is 0 Å². The fourth-order valence-electron chi connectivity index (χ4n) is 1.98. The number of hydrogen-bond acceptors (Lipinski definition) is 3. The molecule has 1 aromatic rings. The number of aryl methyl sites for hydroxylation is 1. The first kappa shape index (κ1) is 9.68. The van der Waals surface area contributed by atoms with Crippen LogP contribution in [0.1, 0.15) is 25.5 Å². The molecule has 1 saturated heterocycles. The van der Waals surface area contributed by atoms with E-state index in [9.17, 15) is 0 Å². The number of piperazine rings is 1. The number of nitrogens with zero attached hydrogens (tertiary/aromatic N) is 2. The van der Waals surface area contributed by atoms with Gasteiger partial charge in [0.2, 0.25) is 0 Å². The highest BCUT2D eigenvalue weighted by Gasteiger charge is 2.26. The Morgan fingerprint density at radius 3 is 2.93 bits per heavy atom. The van der Waals surface area contributed by atoms with E-state index in [0.717, 1.165) is 6.54 Å². The molecule has 3 atom stereocenters. The second-order valence-electron chi connectivity index (χ2n) is 4.19. The molecule has 1 fully saturated rings. The highest BCUT2D eigenvalue weighted by Crippen LogP contribution is 2.19. The normalized spacial score (nSPS) is 33.2. The summed E-state index contributed by atoms with van der Waals surface area (Å²) in [5.74, 6) is 0. The van der Waals surface area contributed by atoms with Crippen LogP contribution in [0.5, 0.6) is 0 Å². The molecule has 2 rings (SSSR count). The highest BCUT2D eigenvalue weighted by atomic mass is 15.2. The largest absolute Gasteiger partial charge is 0.311 e. The van der Waals surface area contributed by atoms with Crippen molar-refractivity contribution in [3.63, 3.8) is 0 Å². The van der Waals surface area contributed by atoms with Crippen molar-refractivity contribution in [1.82, 2.24) is 20.4 Å². The van der Waals surface area contributed by atoms with Crippen molar-refractivity contribution in [2.24, 2.45) is 7.05 Å². The van der Waals surface area contributed by atoms with Gasteiger partial charge in [-0.15, -0.1) is 0 Å². The molecule has 1 aromatic heterocycles. The maximum absolute atomic E-state index is 4.20. The molecule has 3 unspecified atom stereocenters. The SMILES string of the molecule is CC1CNC(C)C(c2cnn(C)c2)N1. The summed E-state index contributed by atoms with van der Waals surface area (Å²) in [5, 5.41) is 11.3. The van der Waals surface area contributed by atoms with E-state index in [2.05, 4.69) is 35.8 Å². The van der Waals surface area contributed by atoms with Gasteiger partial charge in [-0.05, 0) is 13.8 Å². The van der Waals surface area contributed by atoms with E-state index >= 15 is 0 Å². The Morgan fingerprint density at radius 1 is 1.50 bits per heavy atom. The molecule has 14 heavy (non-hydrogen) atoms. The van der Waals surface area contributed by atoms with E-state index in [1.165, 1.54) is 5.56 Å². The molecule has 1 aliphatic rings. The average Bonchev–Trinajstić information content (AvgIpc) is 2.56. The van der Waals surface area contributed by atoms with Crippen LogP contribution in [0, 0.1) is 0 Å². The predicted octanol–water partition coefficient (Wildman–Crippen LogP) is 0.431. The lowest BCUT2D eigenvalue weighted by Gasteiger charge is -2.34. The third kappa shape index (κ3) is 1.81. The van der Waals surface area contributed by atoms with Gasteiger partial charge in [0.25, 0.3) is 0 Å². The van der Waals surface area contributed by atoms with Crippen LogP contribution in [-0.2, 0) is 7.05 Å². The summed E-state index contributed by atoms with van der Waals surface area (Å²) in [6, 6.07) is 1.37. The molecular formula is C10H18N4. The van der Waals surface area contributed by atoms with Crippen molar-refractivity contribution in [2.45, 2.75) is 32.0 Å². The minimum absolute atomic E-state index is 0.382. The second-order valence-corrected chi connectivity index (χ2v) is 4.19. The van der Waals surface area contributed by atoms with Crippen LogP contribution in [0.3, 0.4) is 0 Å². The molecule has 0 radical (unpaired) electrons. The Balaban J connectivity index is 2.15. The van der Waals surface area contributed by atoms with E-state index in [4.69, 9.17) is 0 Å². The van der Waals surface area contributed by atoms with Gasteiger partial charge in [-0.2, -0.15) is 5.10 Å². The first-order chi connectivity index (χ1) is 6.66. The molecule has 78 valence electrons. The van der Waals surface area contributed by atoms with Crippen molar-refractivity contribution in [1.29, 1.82) is 0 Å². The van der Waals surface area contributed by atoms with Gasteiger partial charge < -0.3 is 10.6 Å². The van der Waals surface area contributed by atoms with Crippen LogP contribution in [0.2, 0.25) is 0 Å². The lowest BCUT2D eigenvalue weighted by atomic mass is 10.00. The first-order valence-corrected chi connectivity index (χ1v) is 5.15. The summed E-state index contributed by atoms with van der Waals surface area (Å²) in [7, 11) is 1.95. The molecule has 1 aliphatic heterocycles. The molecule has 4 heteroatoms. The highest BCUT2D eigenvalue weighted by molar-refractivity contribution is 5.14. The lowest BCUT2D eigenvalue weighted by molar-refractivity contribution is 0.294. The van der Waals surface area contributed by atoms with Crippen molar-refractivity contribution in [3.8, 4) is 0 Å². The Bertz CT molecular complexity index is 307. The molecule has 2 N–H and O–H groups in total. The molecule has 2 heterocycles. The van der Waals surface area contributed by atoms with Crippen LogP contribution in [0.25, 0.3) is 0 Å². The van der Waals surface area contributed by atoms with Gasteiger partial charge in [-0.25, -0.2) is 0 Å². The molecule has 0 spiro atoms. The van der Waals surface area contributed by atoms with Crippen LogP contribution in [-0.4, -0.2) is 28.4 Å². The van der Waals surface area contributed by atoms with E-state index in [1.54, 1.807) is 0 Å². The zero-order chi connectivity index (χ0) is 10.1. The van der Waals surface area contributed by atoms with Crippen LogP contribution >= 0.6 is 0 Å². The lowest BCUT2D eigenvalue weighted by Crippen LogP contribution is -2.53. The summed E-state index contributed by atoms with van der Waals surface area (Å²) < 4.78 is 1.85. The first-order valence-electron chi connectivity index (χ1n) is 5.15. The molecule has 0 bridgehead atoms. The van der Waals surface area contributed by atoms with Gasteiger partial charge in [-0.3, -0.25) is 4.68 Å². The minimum atomic E-state index is 0.382. The summed E-state index contributed by atoms with van der Waals surface area (Å²) in [4.78, 5) is 0. The summed E-state index contributed by atoms with van der Waals surface area (Å²) in [6.45, 7) is 5.44. The monoisotopic (exact) mass is 194 g/mol. The minimum Gasteiger partial charge on any atom is -0.311 e. The Morgan fingerprint density at radius 2 is 2.29 bits per heavy atom. The molecule has 0 amide bonds. The fraction of sp³-hybridized carbons (Fsp3) is 0.700. The van der Waals surface area contributed by atoms with Gasteiger partial charge in [0.1, 0.15) is 0 Å². The zero-order valence-electron chi connectivity index (χ0n) is 8.99. The van der Waals surface area contributed by atoms with E-state index < -0.39 is 0 Å². The standard InChI is InChI=1S/C10H18N4/c1-7-4-11-8(2)10(13-7)9-5-12-14(3)6-9/h5-8,10-11,13H,4H2,1-3H3. The van der Waals surface area contributed by atoms with Gasteiger partial charge in [0, 0.05) is 37.4 Å². The van der Waals surface area contributed by atoms with Crippen molar-refractivity contribution < 1.29 is 0 Å². The third-order valence-corrected chi connectivity index (χ3v) is 2.79. The van der Waals surface area contributed by atoms with Crippen molar-refractivity contribution in [2.75, 3.05) is 6.54 Å². The Hall–Kier alpha value is -0.870. The topological polar surface area (TPSA) is 41.9 Å². The van der Waals surface area contributed by atoms with Gasteiger partial charge >= 0.3 is 0 Å². The van der Waals surface area contributed by atoms with E-state index in [0.29, 0.717) is 18.1 Å². The maximum atomic E-state index is 4.20. The van der Waals surface area contributed by atoms with Crippen molar-refractivity contribution >= 4 is 0 Å². The molecule has 0 saturated carbocycles. The van der Waals surface area contributed by atoms with Gasteiger partial charge in [0.05, 0.1) is 12.2 Å². The number of rotatable bonds is 1. The van der Waals surface area contributed by atoms with Gasteiger partial charge in [-0.1, -0.05) is 0 Å². The average molecular weight is 194 g/mol. The van der Waals surface area contributed by atoms with Crippen LogP contribution in [0.15, 0.2) is 12.4 Å². The number of nitrogens with one attached hydrogen (secondary N) is 2. The zero-order valence-corrected chi connectivity index (χ0v) is 8.99. The number of aromatic nitrogens is 2. The van der Waals surface area contributed by atoms with Gasteiger partial charge in [0.15, 0.2) is 0 Å². The Labute approximate surface area is 84.7 Å². The molecule has 0 aliphatic carbocycles. The second kappa shape index (κ2) is 3.71. The number of hydrogen-bond donors (Lipinski definition) is 2. The Kier molecular flexibility index (Phi) is 2.56. The quantitative estimate of drug-likeness (QED) is 0.681. The maximum Gasteiger partial charge on any atom is 0.0538 e. The molecular weight excluding hydrogens is 176 g/mol. The predicted molar refractivity (Wildman–Crippen MR) is 56.0 cm³/mol.